The maximum absolute atomic E-state index is 6.13. The summed E-state index contributed by atoms with van der Waals surface area (Å²) >= 11 is 5.36. The summed E-state index contributed by atoms with van der Waals surface area (Å²) in [5.41, 5.74) is 0.938. The van der Waals surface area contributed by atoms with Gasteiger partial charge in [0.15, 0.2) is 0 Å². The molecule has 0 radical (unpaired) electrons. The van der Waals surface area contributed by atoms with E-state index in [0.717, 1.165) is 31.7 Å². The van der Waals surface area contributed by atoms with Gasteiger partial charge in [-0.3, -0.25) is 0 Å². The molecule has 1 fully saturated rings. The summed E-state index contributed by atoms with van der Waals surface area (Å²) in [4.78, 5) is 8.10. The Labute approximate surface area is 127 Å². The Balaban J connectivity index is 2.37. The molecule has 1 aliphatic rings. The lowest BCUT2D eigenvalue weighted by molar-refractivity contribution is -0.0769. The standard InChI is InChI=1S/C16H26N2OS/c1-4-19-16(8-6-5-7-9-16)15-17-13(10-12(2)3)11-14(20)18-15/h11-12H,4-10H2,1-3H3,(H,17,18,20). The normalized spacial score (nSPS) is 18.4. The first-order valence-electron chi connectivity index (χ1n) is 7.80. The van der Waals surface area contributed by atoms with Crippen molar-refractivity contribution in [2.24, 2.45) is 5.92 Å². The fourth-order valence-corrected chi connectivity index (χ4v) is 3.36. The molecule has 20 heavy (non-hydrogen) atoms. The molecule has 2 rings (SSSR count). The number of rotatable bonds is 5. The second-order valence-corrected chi connectivity index (χ2v) is 6.60. The van der Waals surface area contributed by atoms with Gasteiger partial charge < -0.3 is 9.72 Å². The van der Waals surface area contributed by atoms with Crippen molar-refractivity contribution in [1.29, 1.82) is 0 Å². The molecule has 0 amide bonds. The molecule has 1 N–H and O–H groups in total. The van der Waals surface area contributed by atoms with Crippen LogP contribution in [0.5, 0.6) is 0 Å². The van der Waals surface area contributed by atoms with Gasteiger partial charge in [-0.1, -0.05) is 45.3 Å². The van der Waals surface area contributed by atoms with E-state index in [4.69, 9.17) is 17.0 Å². The number of aromatic amines is 1. The smallest absolute Gasteiger partial charge is 0.140 e. The maximum atomic E-state index is 6.13. The van der Waals surface area contributed by atoms with Crippen molar-refractivity contribution in [3.8, 4) is 0 Å². The summed E-state index contributed by atoms with van der Waals surface area (Å²) in [6.45, 7) is 7.21. The highest BCUT2D eigenvalue weighted by Crippen LogP contribution is 2.38. The summed E-state index contributed by atoms with van der Waals surface area (Å²) in [5.74, 6) is 1.55. The Morgan fingerprint density at radius 3 is 2.65 bits per heavy atom. The zero-order chi connectivity index (χ0) is 14.6. The minimum absolute atomic E-state index is 0.243. The third-order valence-electron chi connectivity index (χ3n) is 3.94. The molecule has 1 aromatic rings. The molecule has 1 heterocycles. The van der Waals surface area contributed by atoms with E-state index >= 15 is 0 Å². The van der Waals surface area contributed by atoms with Gasteiger partial charge in [-0.25, -0.2) is 4.98 Å². The van der Waals surface area contributed by atoms with Crippen LogP contribution < -0.4 is 0 Å². The van der Waals surface area contributed by atoms with E-state index < -0.39 is 0 Å². The summed E-state index contributed by atoms with van der Waals surface area (Å²) in [7, 11) is 0. The van der Waals surface area contributed by atoms with Crippen molar-refractivity contribution in [1.82, 2.24) is 9.97 Å². The minimum atomic E-state index is -0.243. The van der Waals surface area contributed by atoms with E-state index in [0.29, 0.717) is 10.6 Å². The van der Waals surface area contributed by atoms with Crippen molar-refractivity contribution in [3.63, 3.8) is 0 Å². The Kier molecular flexibility index (Phi) is 5.33. The molecule has 4 heteroatoms. The number of nitrogens with zero attached hydrogens (tertiary/aromatic N) is 1. The molecule has 0 aliphatic heterocycles. The van der Waals surface area contributed by atoms with Gasteiger partial charge in [-0.2, -0.15) is 0 Å². The molecular formula is C16H26N2OS. The lowest BCUT2D eigenvalue weighted by atomic mass is 9.83. The highest BCUT2D eigenvalue weighted by Gasteiger charge is 2.37. The summed E-state index contributed by atoms with van der Waals surface area (Å²) in [6, 6.07) is 1.99. The van der Waals surface area contributed by atoms with Crippen LogP contribution in [-0.4, -0.2) is 16.6 Å². The van der Waals surface area contributed by atoms with Crippen LogP contribution in [0.1, 0.15) is 64.4 Å². The van der Waals surface area contributed by atoms with Gasteiger partial charge in [-0.15, -0.1) is 0 Å². The fourth-order valence-electron chi connectivity index (χ4n) is 3.12. The molecule has 0 bridgehead atoms. The molecule has 1 aliphatic carbocycles. The van der Waals surface area contributed by atoms with E-state index in [-0.39, 0.29) is 5.60 Å². The van der Waals surface area contributed by atoms with Gasteiger partial charge in [0.2, 0.25) is 0 Å². The SMILES string of the molecule is CCOC1(c2nc(=S)cc(CC(C)C)[nH]2)CCCCC1. The van der Waals surface area contributed by atoms with Crippen molar-refractivity contribution in [2.75, 3.05) is 6.61 Å². The largest absolute Gasteiger partial charge is 0.367 e. The number of hydrogen-bond acceptors (Lipinski definition) is 3. The van der Waals surface area contributed by atoms with E-state index in [1.807, 2.05) is 6.07 Å². The second kappa shape index (κ2) is 6.81. The van der Waals surface area contributed by atoms with Crippen molar-refractivity contribution >= 4 is 12.2 Å². The Bertz CT molecular complexity index is 484. The maximum Gasteiger partial charge on any atom is 0.140 e. The average molecular weight is 294 g/mol. The first-order chi connectivity index (χ1) is 9.55. The quantitative estimate of drug-likeness (QED) is 0.811. The third kappa shape index (κ3) is 3.67. The Morgan fingerprint density at radius 2 is 2.05 bits per heavy atom. The Hall–Kier alpha value is -0.740. The van der Waals surface area contributed by atoms with Crippen molar-refractivity contribution < 1.29 is 4.74 Å². The van der Waals surface area contributed by atoms with Crippen molar-refractivity contribution in [3.05, 3.63) is 22.2 Å². The lowest BCUT2D eigenvalue weighted by Gasteiger charge is -2.36. The van der Waals surface area contributed by atoms with Gasteiger partial charge in [-0.05, 0) is 38.2 Å². The van der Waals surface area contributed by atoms with Crippen LogP contribution in [0.3, 0.4) is 0 Å². The van der Waals surface area contributed by atoms with E-state index in [1.165, 1.54) is 25.0 Å². The Morgan fingerprint density at radius 1 is 1.35 bits per heavy atom. The minimum Gasteiger partial charge on any atom is -0.367 e. The molecular weight excluding hydrogens is 268 g/mol. The third-order valence-corrected chi connectivity index (χ3v) is 4.15. The van der Waals surface area contributed by atoms with Gasteiger partial charge in [0.1, 0.15) is 16.1 Å². The molecule has 1 saturated carbocycles. The first-order valence-corrected chi connectivity index (χ1v) is 8.21. The number of ether oxygens (including phenoxy) is 1. The van der Waals surface area contributed by atoms with Crippen LogP contribution in [0.15, 0.2) is 6.07 Å². The van der Waals surface area contributed by atoms with E-state index in [2.05, 4.69) is 30.7 Å². The molecule has 3 nitrogen and oxygen atoms in total. The molecule has 0 atom stereocenters. The monoisotopic (exact) mass is 294 g/mol. The zero-order valence-corrected chi connectivity index (χ0v) is 13.7. The highest BCUT2D eigenvalue weighted by atomic mass is 32.1. The van der Waals surface area contributed by atoms with Crippen LogP contribution in [-0.2, 0) is 16.8 Å². The summed E-state index contributed by atoms with van der Waals surface area (Å²) in [5, 5.41) is 0. The zero-order valence-electron chi connectivity index (χ0n) is 12.9. The lowest BCUT2D eigenvalue weighted by Crippen LogP contribution is -2.35. The number of nitrogens with one attached hydrogen (secondary N) is 1. The number of H-pyrrole nitrogens is 1. The van der Waals surface area contributed by atoms with Crippen molar-refractivity contribution in [2.45, 2.75) is 64.9 Å². The van der Waals surface area contributed by atoms with Gasteiger partial charge >= 0.3 is 0 Å². The fraction of sp³-hybridized carbons (Fsp3) is 0.750. The van der Waals surface area contributed by atoms with Crippen LogP contribution in [0.2, 0.25) is 0 Å². The molecule has 1 aromatic heterocycles. The number of aromatic nitrogens is 2. The van der Waals surface area contributed by atoms with Crippen LogP contribution in [0, 0.1) is 10.6 Å². The molecule has 0 unspecified atom stereocenters. The average Bonchev–Trinajstić information content (AvgIpc) is 2.38. The molecule has 0 aromatic carbocycles. The van der Waals surface area contributed by atoms with Crippen LogP contribution in [0.25, 0.3) is 0 Å². The summed E-state index contributed by atoms with van der Waals surface area (Å²) in [6.07, 6.45) is 6.80. The first kappa shape index (κ1) is 15.6. The van der Waals surface area contributed by atoms with Gasteiger partial charge in [0.25, 0.3) is 0 Å². The second-order valence-electron chi connectivity index (χ2n) is 6.18. The predicted octanol–water partition coefficient (Wildman–Crippen LogP) is 4.53. The van der Waals surface area contributed by atoms with Crippen LogP contribution >= 0.6 is 12.2 Å². The predicted molar refractivity (Wildman–Crippen MR) is 84.4 cm³/mol. The van der Waals surface area contributed by atoms with Gasteiger partial charge in [0, 0.05) is 12.3 Å². The molecule has 0 spiro atoms. The van der Waals surface area contributed by atoms with Gasteiger partial charge in [0.05, 0.1) is 0 Å². The highest BCUT2D eigenvalue weighted by molar-refractivity contribution is 7.71. The number of hydrogen-bond donors (Lipinski definition) is 1. The van der Waals surface area contributed by atoms with E-state index in [9.17, 15) is 0 Å². The molecule has 112 valence electrons. The van der Waals surface area contributed by atoms with E-state index in [1.54, 1.807) is 0 Å². The molecule has 0 saturated heterocycles. The van der Waals surface area contributed by atoms with Crippen LogP contribution in [0.4, 0.5) is 0 Å². The summed E-state index contributed by atoms with van der Waals surface area (Å²) < 4.78 is 6.81. The topological polar surface area (TPSA) is 37.9 Å².